The van der Waals surface area contributed by atoms with Gasteiger partial charge in [-0.1, -0.05) is 6.07 Å². The Bertz CT molecular complexity index is 1810. The van der Waals surface area contributed by atoms with Crippen LogP contribution in [-0.4, -0.2) is 107 Å². The number of hydrogen-bond donors (Lipinski definition) is 3. The van der Waals surface area contributed by atoms with Crippen molar-refractivity contribution in [3.63, 3.8) is 0 Å². The number of aryl methyl sites for hydroxylation is 1. The van der Waals surface area contributed by atoms with E-state index in [1.807, 2.05) is 6.07 Å². The van der Waals surface area contributed by atoms with Gasteiger partial charge in [-0.3, -0.25) is 19.5 Å². The summed E-state index contributed by atoms with van der Waals surface area (Å²) in [5.74, 6) is 0.565. The minimum absolute atomic E-state index is 0.0350. The topological polar surface area (TPSA) is 131 Å². The molecule has 5 heterocycles. The van der Waals surface area contributed by atoms with Crippen LogP contribution >= 0.6 is 11.3 Å². The molecule has 1 amide bonds. The summed E-state index contributed by atoms with van der Waals surface area (Å²) in [6.07, 6.45) is -3.60. The average Bonchev–Trinajstić information content (AvgIpc) is 3.62. The maximum absolute atomic E-state index is 13.0. The first-order valence-electron chi connectivity index (χ1n) is 16.3. The first-order chi connectivity index (χ1) is 23.0. The third kappa shape index (κ3) is 7.84. The SMILES string of the molecule is CNC(=O)CN1CCN(CCn2c(C#N)cc3c(C)c(CN4CCC(Nc5nc(N)nc6sc(CC(F)(F)F)cc56)CC4)ccc32)CC1. The molecule has 2 aliphatic heterocycles. The number of benzene rings is 1. The molecular weight excluding hydrogens is 641 g/mol. The summed E-state index contributed by atoms with van der Waals surface area (Å²) in [6.45, 7) is 10.1. The molecule has 256 valence electrons. The van der Waals surface area contributed by atoms with Crippen LogP contribution in [0, 0.1) is 18.3 Å². The minimum Gasteiger partial charge on any atom is -0.368 e. The van der Waals surface area contributed by atoms with Gasteiger partial charge in [-0.25, -0.2) is 4.98 Å². The van der Waals surface area contributed by atoms with Crippen molar-refractivity contribution in [3.05, 3.63) is 46.0 Å². The van der Waals surface area contributed by atoms with Gasteiger partial charge in [0.25, 0.3) is 0 Å². The predicted octanol–water partition coefficient (Wildman–Crippen LogP) is 3.95. The molecule has 0 bridgehead atoms. The predicted molar refractivity (Wildman–Crippen MR) is 182 cm³/mol. The molecule has 2 aliphatic rings. The number of rotatable bonds is 10. The van der Waals surface area contributed by atoms with Gasteiger partial charge in [0.1, 0.15) is 22.4 Å². The maximum atomic E-state index is 13.0. The Morgan fingerprint density at radius 1 is 1.04 bits per heavy atom. The summed E-state index contributed by atoms with van der Waals surface area (Å²) in [5, 5.41) is 17.8. The van der Waals surface area contributed by atoms with Crippen molar-refractivity contribution in [1.82, 2.24) is 34.6 Å². The normalized spacial score (nSPS) is 17.2. The number of nitrogens with two attached hydrogens (primary N) is 1. The van der Waals surface area contributed by atoms with E-state index >= 15 is 0 Å². The molecule has 2 saturated heterocycles. The van der Waals surface area contributed by atoms with E-state index in [0.717, 1.165) is 94.0 Å². The maximum Gasteiger partial charge on any atom is 0.393 e. The van der Waals surface area contributed by atoms with Gasteiger partial charge in [0.05, 0.1) is 18.4 Å². The number of nitrogen functional groups attached to an aromatic ring is 1. The van der Waals surface area contributed by atoms with Crippen LogP contribution in [-0.2, 0) is 24.3 Å². The van der Waals surface area contributed by atoms with Gasteiger partial charge in [0.15, 0.2) is 0 Å². The van der Waals surface area contributed by atoms with Crippen molar-refractivity contribution in [1.29, 1.82) is 5.26 Å². The fraction of sp³-hybridized carbons (Fsp3) is 0.515. The third-order valence-electron chi connectivity index (χ3n) is 9.49. The summed E-state index contributed by atoms with van der Waals surface area (Å²) < 4.78 is 41.1. The van der Waals surface area contributed by atoms with Gasteiger partial charge in [0, 0.05) is 87.8 Å². The first kappa shape index (κ1) is 33.9. The molecule has 3 aromatic heterocycles. The molecule has 6 rings (SSSR count). The fourth-order valence-corrected chi connectivity index (χ4v) is 7.84. The van der Waals surface area contributed by atoms with Gasteiger partial charge in [-0.2, -0.15) is 23.4 Å². The van der Waals surface area contributed by atoms with Crippen LogP contribution in [0.5, 0.6) is 0 Å². The van der Waals surface area contributed by atoms with Crippen LogP contribution < -0.4 is 16.4 Å². The number of piperazine rings is 1. The number of thiophene rings is 1. The summed E-state index contributed by atoms with van der Waals surface area (Å²) in [7, 11) is 1.66. The van der Waals surface area contributed by atoms with Gasteiger partial charge >= 0.3 is 6.18 Å². The van der Waals surface area contributed by atoms with Gasteiger partial charge in [-0.15, -0.1) is 11.3 Å². The van der Waals surface area contributed by atoms with E-state index in [2.05, 4.69) is 65.0 Å². The molecule has 4 aromatic rings. The number of aromatic nitrogens is 3. The second kappa shape index (κ2) is 14.3. The number of likely N-dealkylation sites (tertiary alicyclic amines) is 1. The molecule has 11 nitrogen and oxygen atoms in total. The second-order valence-corrected chi connectivity index (χ2v) is 13.8. The Hall–Kier alpha value is -3.97. The van der Waals surface area contributed by atoms with Gasteiger partial charge in [0.2, 0.25) is 11.9 Å². The average molecular weight is 683 g/mol. The number of carbonyl (C=O) groups is 1. The Morgan fingerprint density at radius 3 is 2.46 bits per heavy atom. The highest BCUT2D eigenvalue weighted by atomic mass is 32.1. The molecule has 15 heteroatoms. The van der Waals surface area contributed by atoms with E-state index in [1.54, 1.807) is 7.05 Å². The quantitative estimate of drug-likeness (QED) is 0.228. The Balaban J connectivity index is 1.06. The zero-order valence-electron chi connectivity index (χ0n) is 27.2. The van der Waals surface area contributed by atoms with Crippen LogP contribution in [0.15, 0.2) is 24.3 Å². The van der Waals surface area contributed by atoms with Crippen molar-refractivity contribution >= 4 is 50.1 Å². The molecule has 0 saturated carbocycles. The number of halogens is 3. The number of nitrogens with one attached hydrogen (secondary N) is 2. The fourth-order valence-electron chi connectivity index (χ4n) is 6.77. The van der Waals surface area contributed by atoms with Crippen LogP contribution in [0.25, 0.3) is 21.1 Å². The van der Waals surface area contributed by atoms with Crippen LogP contribution in [0.1, 0.15) is 34.5 Å². The van der Waals surface area contributed by atoms with E-state index in [-0.39, 0.29) is 22.8 Å². The smallest absolute Gasteiger partial charge is 0.368 e. The second-order valence-electron chi connectivity index (χ2n) is 12.7. The molecule has 0 spiro atoms. The number of piperidine rings is 1. The van der Waals surface area contributed by atoms with Crippen molar-refractivity contribution in [2.45, 2.75) is 51.5 Å². The monoisotopic (exact) mass is 682 g/mol. The number of fused-ring (bicyclic) bond motifs is 2. The number of amides is 1. The lowest BCUT2D eigenvalue weighted by atomic mass is 10.0. The summed E-state index contributed by atoms with van der Waals surface area (Å²) in [6, 6.07) is 10.3. The number of nitriles is 1. The van der Waals surface area contributed by atoms with Crippen LogP contribution in [0.4, 0.5) is 24.9 Å². The van der Waals surface area contributed by atoms with Crippen molar-refractivity contribution < 1.29 is 18.0 Å². The van der Waals surface area contributed by atoms with Crippen molar-refractivity contribution in [3.8, 4) is 6.07 Å². The number of hydrogen-bond acceptors (Lipinski definition) is 10. The first-order valence-corrected chi connectivity index (χ1v) is 17.1. The van der Waals surface area contributed by atoms with Gasteiger partial charge in [-0.05, 0) is 49.1 Å². The minimum atomic E-state index is -4.29. The van der Waals surface area contributed by atoms with Crippen molar-refractivity contribution in [2.24, 2.45) is 0 Å². The van der Waals surface area contributed by atoms with Gasteiger partial charge < -0.3 is 20.9 Å². The zero-order valence-corrected chi connectivity index (χ0v) is 28.1. The highest BCUT2D eigenvalue weighted by Crippen LogP contribution is 2.34. The van der Waals surface area contributed by atoms with E-state index < -0.39 is 12.6 Å². The van der Waals surface area contributed by atoms with E-state index in [0.29, 0.717) is 28.3 Å². The highest BCUT2D eigenvalue weighted by Gasteiger charge is 2.30. The molecule has 0 radical (unpaired) electrons. The number of carbonyl (C=O) groups excluding carboxylic acids is 1. The standard InChI is InChI=1S/C33H41F3N10OS/c1-21-22(3-4-28-26(21)15-24(18-37)46(28)14-13-43-9-11-45(12-10-43)20-29(47)39-2)19-44-7-5-23(6-8-44)40-30-27-16-25(17-33(34,35)36)48-31(27)42-32(38)41-30/h3-4,15-16,23H,5-14,17,19-20H2,1-2H3,(H,39,47)(H3,38,40,41,42). The van der Waals surface area contributed by atoms with E-state index in [1.165, 1.54) is 17.2 Å². The third-order valence-corrected chi connectivity index (χ3v) is 10.5. The molecule has 0 unspecified atom stereocenters. The molecule has 1 aromatic carbocycles. The molecule has 0 aliphatic carbocycles. The lowest BCUT2D eigenvalue weighted by molar-refractivity contribution is -0.126. The number of nitrogens with zero attached hydrogens (tertiary/aromatic N) is 7. The summed E-state index contributed by atoms with van der Waals surface area (Å²) in [5.41, 5.74) is 10.0. The largest absolute Gasteiger partial charge is 0.393 e. The summed E-state index contributed by atoms with van der Waals surface area (Å²) >= 11 is 1.000. The van der Waals surface area contributed by atoms with Crippen LogP contribution in [0.2, 0.25) is 0 Å². The summed E-state index contributed by atoms with van der Waals surface area (Å²) in [4.78, 5) is 27.8. The lowest BCUT2D eigenvalue weighted by Crippen LogP contribution is -2.49. The van der Waals surface area contributed by atoms with E-state index in [4.69, 9.17) is 5.73 Å². The number of alkyl halides is 3. The van der Waals surface area contributed by atoms with E-state index in [9.17, 15) is 23.2 Å². The Labute approximate surface area is 281 Å². The highest BCUT2D eigenvalue weighted by molar-refractivity contribution is 7.18. The lowest BCUT2D eigenvalue weighted by Gasteiger charge is -2.34. The molecule has 2 fully saturated rings. The van der Waals surface area contributed by atoms with Crippen molar-refractivity contribution in [2.75, 3.05) is 70.5 Å². The van der Waals surface area contributed by atoms with Crippen LogP contribution in [0.3, 0.4) is 0 Å². The molecule has 4 N–H and O–H groups in total. The molecule has 48 heavy (non-hydrogen) atoms. The zero-order chi connectivity index (χ0) is 34.0. The number of likely N-dealkylation sites (N-methyl/N-ethyl adjacent to an activating group) is 1. The molecule has 0 atom stereocenters. The Kier molecular flexibility index (Phi) is 10.1. The number of anilines is 2. The Morgan fingerprint density at radius 2 is 1.77 bits per heavy atom. The molecular formula is C33H41F3N10OS.